The highest BCUT2D eigenvalue weighted by atomic mass is 19.1. The maximum Gasteiger partial charge on any atom is 0.181 e. The van der Waals surface area contributed by atoms with E-state index in [9.17, 15) is 9.18 Å². The number of hydrogen-bond acceptors (Lipinski definition) is 6. The average Bonchev–Trinajstić information content (AvgIpc) is 3.12. The Balaban J connectivity index is 1.47. The molecule has 3 aromatic rings. The molecular weight excluding hydrogens is 359 g/mol. The molecule has 0 unspecified atom stereocenters. The van der Waals surface area contributed by atoms with Gasteiger partial charge < -0.3 is 5.32 Å². The van der Waals surface area contributed by atoms with Crippen molar-refractivity contribution >= 4 is 22.6 Å². The first-order valence-corrected chi connectivity index (χ1v) is 9.69. The van der Waals surface area contributed by atoms with Crippen LogP contribution in [-0.2, 0) is 4.79 Å². The van der Waals surface area contributed by atoms with Gasteiger partial charge in [-0.1, -0.05) is 0 Å². The van der Waals surface area contributed by atoms with Crippen LogP contribution in [0, 0.1) is 23.6 Å². The molecule has 6 rings (SSSR count). The van der Waals surface area contributed by atoms with Crippen molar-refractivity contribution < 1.29 is 9.18 Å². The van der Waals surface area contributed by atoms with E-state index in [1.165, 1.54) is 6.07 Å². The molecule has 7 nitrogen and oxygen atoms in total. The Morgan fingerprint density at radius 1 is 1.18 bits per heavy atom. The Bertz CT molecular complexity index is 1040. The van der Waals surface area contributed by atoms with Crippen LogP contribution in [0.5, 0.6) is 0 Å². The maximum atomic E-state index is 13.6. The summed E-state index contributed by atoms with van der Waals surface area (Å²) >= 11 is 0. The number of H-pyrrole nitrogens is 1. The number of aromatic amines is 1. The monoisotopic (exact) mass is 380 g/mol. The second-order valence-corrected chi connectivity index (χ2v) is 7.89. The standard InChI is InChI=1S/C20H21FN6O/c1-10(28)17-11-2-4-12(5-3-11)18(17)25-16-9-22-8-15(24-16)19-14-6-13(21)7-23-20(14)27-26-19/h6-9,11-12,17-18H,2-5H2,1H3,(H,24,25)(H,23,26,27)/t11?,12?,17-,18-/m0/s1. The Morgan fingerprint density at radius 3 is 2.75 bits per heavy atom. The number of rotatable bonds is 4. The van der Waals surface area contributed by atoms with Crippen molar-refractivity contribution in [2.45, 2.75) is 38.6 Å². The average molecular weight is 380 g/mol. The molecular formula is C20H21FN6O. The Kier molecular flexibility index (Phi) is 4.07. The number of aromatic nitrogens is 5. The number of fused-ring (bicyclic) bond motifs is 4. The molecule has 0 spiro atoms. The first-order chi connectivity index (χ1) is 13.6. The third-order valence-electron chi connectivity index (χ3n) is 6.27. The Morgan fingerprint density at radius 2 is 1.96 bits per heavy atom. The van der Waals surface area contributed by atoms with Gasteiger partial charge in [-0.2, -0.15) is 5.10 Å². The van der Waals surface area contributed by atoms with Crippen molar-refractivity contribution in [3.8, 4) is 11.4 Å². The minimum atomic E-state index is -0.431. The number of ketones is 1. The molecule has 3 aliphatic rings. The van der Waals surface area contributed by atoms with Gasteiger partial charge in [0.2, 0.25) is 0 Å². The molecule has 28 heavy (non-hydrogen) atoms. The Labute approximate surface area is 161 Å². The summed E-state index contributed by atoms with van der Waals surface area (Å²) < 4.78 is 13.6. The predicted octanol–water partition coefficient (Wildman–Crippen LogP) is 3.36. The quantitative estimate of drug-likeness (QED) is 0.720. The van der Waals surface area contributed by atoms with Crippen LogP contribution >= 0.6 is 0 Å². The predicted molar refractivity (Wildman–Crippen MR) is 102 cm³/mol. The van der Waals surface area contributed by atoms with E-state index in [1.54, 1.807) is 19.3 Å². The molecule has 3 aromatic heterocycles. The van der Waals surface area contributed by atoms with Gasteiger partial charge in [-0.3, -0.25) is 14.9 Å². The van der Waals surface area contributed by atoms with Crippen molar-refractivity contribution in [1.29, 1.82) is 0 Å². The normalized spacial score (nSPS) is 26.5. The van der Waals surface area contributed by atoms with Crippen molar-refractivity contribution in [3.63, 3.8) is 0 Å². The van der Waals surface area contributed by atoms with E-state index < -0.39 is 5.82 Å². The van der Waals surface area contributed by atoms with Gasteiger partial charge in [-0.15, -0.1) is 0 Å². The van der Waals surface area contributed by atoms with E-state index in [2.05, 4.69) is 30.5 Å². The summed E-state index contributed by atoms with van der Waals surface area (Å²) in [4.78, 5) is 25.2. The molecule has 0 aliphatic heterocycles. The summed E-state index contributed by atoms with van der Waals surface area (Å²) in [6.45, 7) is 1.69. The lowest BCUT2D eigenvalue weighted by atomic mass is 9.60. The molecule has 0 radical (unpaired) electrons. The molecule has 0 amide bonds. The van der Waals surface area contributed by atoms with Crippen molar-refractivity contribution in [2.75, 3.05) is 5.32 Å². The largest absolute Gasteiger partial charge is 0.365 e. The van der Waals surface area contributed by atoms with E-state index in [1.807, 2.05) is 0 Å². The second kappa shape index (κ2) is 6.61. The minimum absolute atomic E-state index is 0.0317. The third-order valence-corrected chi connectivity index (χ3v) is 6.27. The molecule has 8 heteroatoms. The highest BCUT2D eigenvalue weighted by Crippen LogP contribution is 2.46. The van der Waals surface area contributed by atoms with E-state index in [-0.39, 0.29) is 17.7 Å². The van der Waals surface area contributed by atoms with Gasteiger partial charge in [0.15, 0.2) is 5.65 Å². The van der Waals surface area contributed by atoms with Crippen LogP contribution in [0.25, 0.3) is 22.4 Å². The molecule has 3 saturated carbocycles. The zero-order valence-corrected chi connectivity index (χ0v) is 15.5. The van der Waals surface area contributed by atoms with Crippen LogP contribution < -0.4 is 5.32 Å². The van der Waals surface area contributed by atoms with E-state index in [0.29, 0.717) is 40.1 Å². The maximum absolute atomic E-state index is 13.6. The molecule has 2 bridgehead atoms. The van der Waals surface area contributed by atoms with E-state index in [4.69, 9.17) is 0 Å². The van der Waals surface area contributed by atoms with Crippen molar-refractivity contribution in [2.24, 2.45) is 17.8 Å². The number of anilines is 1. The molecule has 3 fully saturated rings. The van der Waals surface area contributed by atoms with Crippen LogP contribution in [0.15, 0.2) is 24.7 Å². The van der Waals surface area contributed by atoms with Gasteiger partial charge in [0.1, 0.15) is 23.1 Å². The second-order valence-electron chi connectivity index (χ2n) is 7.89. The highest BCUT2D eigenvalue weighted by molar-refractivity contribution is 5.89. The number of nitrogens with zero attached hydrogens (tertiary/aromatic N) is 4. The number of halogens is 1. The number of pyridine rings is 1. The summed E-state index contributed by atoms with van der Waals surface area (Å²) in [5.74, 6) is 1.41. The van der Waals surface area contributed by atoms with E-state index in [0.717, 1.165) is 31.9 Å². The molecule has 0 saturated heterocycles. The van der Waals surface area contributed by atoms with Crippen LogP contribution in [0.2, 0.25) is 0 Å². The molecule has 3 aliphatic carbocycles. The first-order valence-electron chi connectivity index (χ1n) is 9.69. The molecule has 2 N–H and O–H groups in total. The van der Waals surface area contributed by atoms with Crippen molar-refractivity contribution in [1.82, 2.24) is 25.1 Å². The van der Waals surface area contributed by atoms with Crippen LogP contribution in [-0.4, -0.2) is 37.0 Å². The van der Waals surface area contributed by atoms with Gasteiger partial charge in [-0.25, -0.2) is 14.4 Å². The molecule has 2 atom stereocenters. The van der Waals surface area contributed by atoms with Gasteiger partial charge in [0.05, 0.1) is 29.7 Å². The fourth-order valence-corrected chi connectivity index (χ4v) is 5.04. The summed E-state index contributed by atoms with van der Waals surface area (Å²) in [7, 11) is 0. The zero-order chi connectivity index (χ0) is 19.3. The number of hydrogen-bond donors (Lipinski definition) is 2. The van der Waals surface area contributed by atoms with Gasteiger partial charge in [0, 0.05) is 12.0 Å². The third kappa shape index (κ3) is 2.83. The number of carbonyl (C=O) groups excluding carboxylic acids is 1. The van der Waals surface area contributed by atoms with Gasteiger partial charge in [-0.05, 0) is 50.5 Å². The molecule has 0 aromatic carbocycles. The highest BCUT2D eigenvalue weighted by Gasteiger charge is 2.45. The fourth-order valence-electron chi connectivity index (χ4n) is 5.04. The number of Topliss-reactive ketones (excluding diaryl/α,β-unsaturated/α-hetero) is 1. The van der Waals surface area contributed by atoms with Gasteiger partial charge in [0.25, 0.3) is 0 Å². The summed E-state index contributed by atoms with van der Waals surface area (Å²) in [6, 6.07) is 1.47. The van der Waals surface area contributed by atoms with Crippen LogP contribution in [0.3, 0.4) is 0 Å². The number of nitrogens with one attached hydrogen (secondary N) is 2. The first kappa shape index (κ1) is 17.2. The Hall–Kier alpha value is -2.90. The summed E-state index contributed by atoms with van der Waals surface area (Å²) in [6.07, 6.45) is 8.98. The van der Waals surface area contributed by atoms with Crippen LogP contribution in [0.4, 0.5) is 10.2 Å². The lowest BCUT2D eigenvalue weighted by Gasteiger charge is -2.48. The summed E-state index contributed by atoms with van der Waals surface area (Å²) in [5.41, 5.74) is 1.56. The fraction of sp³-hybridized carbons (Fsp3) is 0.450. The SMILES string of the molecule is CC(=O)[C@H]1C2CCC(CC2)[C@@H]1Nc1cncc(-c2[nH]nc3ncc(F)cc23)n1. The topological polar surface area (TPSA) is 96.5 Å². The van der Waals surface area contributed by atoms with Crippen LogP contribution in [0.1, 0.15) is 32.6 Å². The number of carbonyl (C=O) groups is 1. The lowest BCUT2D eigenvalue weighted by molar-refractivity contribution is -0.126. The smallest absolute Gasteiger partial charge is 0.181 e. The van der Waals surface area contributed by atoms with E-state index >= 15 is 0 Å². The minimum Gasteiger partial charge on any atom is -0.365 e. The zero-order valence-electron chi connectivity index (χ0n) is 15.5. The molecule has 3 heterocycles. The summed E-state index contributed by atoms with van der Waals surface area (Å²) in [5, 5.41) is 11.0. The van der Waals surface area contributed by atoms with Crippen molar-refractivity contribution in [3.05, 3.63) is 30.5 Å². The van der Waals surface area contributed by atoms with Gasteiger partial charge >= 0.3 is 0 Å². The lowest BCUT2D eigenvalue weighted by Crippen LogP contribution is -2.51. The molecule has 144 valence electrons.